The van der Waals surface area contributed by atoms with Crippen LogP contribution in [-0.4, -0.2) is 96.8 Å². The Labute approximate surface area is 326 Å². The van der Waals surface area contributed by atoms with Crippen LogP contribution in [0.5, 0.6) is 5.75 Å². The molecule has 3 aromatic heterocycles. The second-order valence-corrected chi connectivity index (χ2v) is 15.8. The van der Waals surface area contributed by atoms with Crippen molar-refractivity contribution >= 4 is 57.5 Å². The van der Waals surface area contributed by atoms with Crippen molar-refractivity contribution in [3.8, 4) is 5.75 Å². The van der Waals surface area contributed by atoms with E-state index in [4.69, 9.17) is 14.6 Å². The maximum absolute atomic E-state index is 13.4. The van der Waals surface area contributed by atoms with Crippen LogP contribution in [0.2, 0.25) is 0 Å². The zero-order chi connectivity index (χ0) is 38.8. The van der Waals surface area contributed by atoms with Crippen molar-refractivity contribution in [1.82, 2.24) is 34.6 Å². The maximum Gasteiger partial charge on any atom is 0.262 e. The van der Waals surface area contributed by atoms with Gasteiger partial charge >= 0.3 is 0 Å². The summed E-state index contributed by atoms with van der Waals surface area (Å²) < 4.78 is 16.5. The predicted molar refractivity (Wildman–Crippen MR) is 205 cm³/mol. The van der Waals surface area contributed by atoms with Crippen molar-refractivity contribution in [3.05, 3.63) is 77.9 Å². The minimum atomic E-state index is -0.990. The minimum absolute atomic E-state index is 0.0311. The molecule has 5 aliphatic rings. The van der Waals surface area contributed by atoms with E-state index in [1.165, 1.54) is 6.20 Å². The predicted octanol–water partition coefficient (Wildman–Crippen LogP) is 4.30. The van der Waals surface area contributed by atoms with Gasteiger partial charge in [0, 0.05) is 55.2 Å². The molecule has 0 spiro atoms. The van der Waals surface area contributed by atoms with Gasteiger partial charge < -0.3 is 19.7 Å². The summed E-state index contributed by atoms with van der Waals surface area (Å²) in [6.07, 6.45) is 14.1. The van der Waals surface area contributed by atoms with E-state index in [0.29, 0.717) is 41.7 Å². The number of rotatable bonds is 10. The molecule has 292 valence electrons. The van der Waals surface area contributed by atoms with Gasteiger partial charge in [-0.25, -0.2) is 9.50 Å². The number of piperidine rings is 1. The van der Waals surface area contributed by atoms with Crippen LogP contribution in [0.4, 0.5) is 11.4 Å². The molecule has 5 amide bonds. The van der Waals surface area contributed by atoms with Crippen LogP contribution in [0.3, 0.4) is 0 Å². The lowest BCUT2D eigenvalue weighted by atomic mass is 9.93. The number of aromatic nitrogens is 5. The maximum atomic E-state index is 13.4. The minimum Gasteiger partial charge on any atom is -0.491 e. The van der Waals surface area contributed by atoms with Crippen molar-refractivity contribution in [1.29, 1.82) is 0 Å². The first-order chi connectivity index (χ1) is 27.8. The first kappa shape index (κ1) is 35.3. The number of fused-ring (bicyclic) bond motifs is 3. The van der Waals surface area contributed by atoms with E-state index in [1.54, 1.807) is 35.1 Å². The number of amides is 5. The van der Waals surface area contributed by atoms with E-state index >= 15 is 0 Å². The third-order valence-corrected chi connectivity index (χ3v) is 11.9. The fourth-order valence-corrected chi connectivity index (χ4v) is 8.59. The average molecular weight is 772 g/mol. The van der Waals surface area contributed by atoms with Crippen molar-refractivity contribution in [2.45, 2.75) is 82.1 Å². The fraction of sp³-hybridized carbons (Fsp3) is 0.415. The molecule has 0 radical (unpaired) electrons. The van der Waals surface area contributed by atoms with Gasteiger partial charge in [0.25, 0.3) is 17.7 Å². The van der Waals surface area contributed by atoms with Crippen LogP contribution in [0.1, 0.15) is 94.9 Å². The lowest BCUT2D eigenvalue weighted by Gasteiger charge is -2.30. The van der Waals surface area contributed by atoms with Gasteiger partial charge in [-0.15, -0.1) is 0 Å². The molecule has 2 N–H and O–H groups in total. The Kier molecular flexibility index (Phi) is 8.72. The third kappa shape index (κ3) is 6.66. The summed E-state index contributed by atoms with van der Waals surface area (Å²) in [5.41, 5.74) is 3.63. The first-order valence-electron chi connectivity index (χ1n) is 19.8. The summed E-state index contributed by atoms with van der Waals surface area (Å²) in [4.78, 5) is 71.5. The van der Waals surface area contributed by atoms with E-state index in [1.807, 2.05) is 29.1 Å². The number of benzene rings is 2. The number of anilines is 2. The van der Waals surface area contributed by atoms with Gasteiger partial charge in [-0.3, -0.25) is 38.9 Å². The van der Waals surface area contributed by atoms with Gasteiger partial charge in [0.2, 0.25) is 11.8 Å². The van der Waals surface area contributed by atoms with E-state index in [-0.39, 0.29) is 48.1 Å². The highest BCUT2D eigenvalue weighted by atomic mass is 16.5. The Bertz CT molecular complexity index is 2460. The van der Waals surface area contributed by atoms with Gasteiger partial charge in [0.15, 0.2) is 5.65 Å². The number of nitrogens with zero attached hydrogens (tertiary/aromatic N) is 7. The third-order valence-electron chi connectivity index (χ3n) is 11.9. The van der Waals surface area contributed by atoms with Gasteiger partial charge in [0.05, 0.1) is 53.4 Å². The Balaban J connectivity index is 0.769. The molecule has 2 atom stereocenters. The number of carbonyl (C=O) groups is 5. The zero-order valence-corrected chi connectivity index (χ0v) is 31.1. The largest absolute Gasteiger partial charge is 0.491 e. The molecule has 0 bridgehead atoms. The molecule has 16 heteroatoms. The van der Waals surface area contributed by atoms with E-state index in [0.717, 1.165) is 73.0 Å². The van der Waals surface area contributed by atoms with Crippen molar-refractivity contribution in [3.63, 3.8) is 0 Å². The van der Waals surface area contributed by atoms with Crippen molar-refractivity contribution in [2.75, 3.05) is 29.9 Å². The molecular weight excluding hydrogens is 731 g/mol. The van der Waals surface area contributed by atoms with Crippen LogP contribution < -0.4 is 20.3 Å². The molecule has 5 aromatic rings. The summed E-state index contributed by atoms with van der Waals surface area (Å²) in [6.45, 7) is 2.01. The van der Waals surface area contributed by atoms with Crippen LogP contribution >= 0.6 is 0 Å². The molecule has 3 aliphatic heterocycles. The van der Waals surface area contributed by atoms with Gasteiger partial charge in [-0.1, -0.05) is 0 Å². The summed E-state index contributed by atoms with van der Waals surface area (Å²) in [5, 5.41) is 15.4. The molecule has 4 fully saturated rings. The number of nitrogens with one attached hydrogen (secondary N) is 2. The van der Waals surface area contributed by atoms with Crippen LogP contribution in [0.25, 0.3) is 16.6 Å². The fourth-order valence-electron chi connectivity index (χ4n) is 8.59. The van der Waals surface area contributed by atoms with E-state index in [9.17, 15) is 24.0 Å². The van der Waals surface area contributed by atoms with Gasteiger partial charge in [-0.05, 0) is 87.6 Å². The molecule has 10 rings (SSSR count). The molecule has 2 saturated heterocycles. The lowest BCUT2D eigenvalue weighted by Crippen LogP contribution is -2.54. The van der Waals surface area contributed by atoms with Crippen molar-refractivity contribution < 1.29 is 33.4 Å². The van der Waals surface area contributed by atoms with Crippen molar-refractivity contribution in [2.24, 2.45) is 5.92 Å². The number of hydrogen-bond acceptors (Lipinski definition) is 11. The Morgan fingerprint density at radius 2 is 1.77 bits per heavy atom. The smallest absolute Gasteiger partial charge is 0.262 e. The Morgan fingerprint density at radius 3 is 2.60 bits per heavy atom. The highest BCUT2D eigenvalue weighted by Gasteiger charge is 2.45. The molecule has 16 nitrogen and oxygen atoms in total. The zero-order valence-electron chi connectivity index (χ0n) is 31.1. The second-order valence-electron chi connectivity index (χ2n) is 15.8. The molecule has 1 unspecified atom stereocenters. The monoisotopic (exact) mass is 771 g/mol. The topological polar surface area (TPSA) is 182 Å². The molecule has 2 saturated carbocycles. The molecule has 2 aromatic carbocycles. The Hall–Kier alpha value is -6.16. The normalized spacial score (nSPS) is 23.7. The quantitative estimate of drug-likeness (QED) is 0.193. The van der Waals surface area contributed by atoms with E-state index < -0.39 is 29.7 Å². The molecular formula is C41H41N9O7. The summed E-state index contributed by atoms with van der Waals surface area (Å²) >= 11 is 0. The molecule has 57 heavy (non-hydrogen) atoms. The van der Waals surface area contributed by atoms with E-state index in [2.05, 4.69) is 25.6 Å². The van der Waals surface area contributed by atoms with Gasteiger partial charge in [-0.2, -0.15) is 10.2 Å². The number of ether oxygens (including phenoxy) is 2. The van der Waals surface area contributed by atoms with Crippen LogP contribution in [0, 0.1) is 5.92 Å². The first-order valence-corrected chi connectivity index (χ1v) is 19.8. The van der Waals surface area contributed by atoms with Crippen LogP contribution in [0.15, 0.2) is 61.2 Å². The standard InChI is InChI=1S/C41H41N9O7/c51-36-11-10-34(39(53)45-36)50-40(54)29-9-6-26(17-30(29)41(50)55)47-15-12-28(21-47)57-27-7-4-25(5-8-27)49-20-24-16-33(35(18-32(24)46-49)56-22-23-2-3-23)44-38(52)31-19-43-48-14-1-13-42-37(31)48/h1,6,9,13-14,16-20,23,25,27-28,34H,2-5,7-8,10-12,15,21-22H2,(H,44,52)(H,45,51,53)/t25?,27?,28-,34?/m0/s1. The summed E-state index contributed by atoms with van der Waals surface area (Å²) in [5.74, 6) is -1.22. The number of imide groups is 2. The second kappa shape index (κ2) is 14.1. The number of carbonyl (C=O) groups excluding carboxylic acids is 5. The summed E-state index contributed by atoms with van der Waals surface area (Å²) in [6, 6.07) is 10.1. The highest BCUT2D eigenvalue weighted by Crippen LogP contribution is 2.38. The van der Waals surface area contributed by atoms with Crippen LogP contribution in [-0.2, 0) is 14.3 Å². The molecule has 6 heterocycles. The highest BCUT2D eigenvalue weighted by molar-refractivity contribution is 6.23. The SMILES string of the molecule is O=C1CCC(N2C(=O)c3ccc(N4CC[C@H](OC5CCC(n6cc7cc(NC(=O)c8cnn9cccnc89)c(OCC8CC8)cc7n6)CC5)C4)cc3C2=O)C(=O)N1. The number of hydrogen-bond donors (Lipinski definition) is 2. The summed E-state index contributed by atoms with van der Waals surface area (Å²) in [7, 11) is 0. The Morgan fingerprint density at radius 1 is 0.930 bits per heavy atom. The molecule has 2 aliphatic carbocycles. The average Bonchev–Trinajstić information content (AvgIpc) is 3.49. The van der Waals surface area contributed by atoms with Gasteiger partial charge in [0.1, 0.15) is 17.4 Å². The lowest BCUT2D eigenvalue weighted by molar-refractivity contribution is -0.136.